The van der Waals surface area contributed by atoms with Crippen LogP contribution in [-0.2, 0) is 4.79 Å². The van der Waals surface area contributed by atoms with Gasteiger partial charge >= 0.3 is 12.0 Å². The van der Waals surface area contributed by atoms with Gasteiger partial charge in [-0.05, 0) is 56.9 Å². The Bertz CT molecular complexity index is 628. The molecule has 1 aliphatic carbocycles. The maximum atomic E-state index is 12.5. The second-order valence-electron chi connectivity index (χ2n) is 7.05. The molecule has 2 atom stereocenters. The first-order valence-electron chi connectivity index (χ1n) is 8.47. The molecule has 24 heavy (non-hydrogen) atoms. The highest BCUT2D eigenvalue weighted by molar-refractivity contribution is 5.90. The third-order valence-electron chi connectivity index (χ3n) is 5.06. The van der Waals surface area contributed by atoms with Gasteiger partial charge in [0.25, 0.3) is 0 Å². The Labute approximate surface area is 141 Å². The summed E-state index contributed by atoms with van der Waals surface area (Å²) in [6.45, 7) is 4.73. The molecule has 1 heterocycles. The molecule has 1 saturated heterocycles. The number of rotatable bonds is 4. The molecule has 2 fully saturated rings. The van der Waals surface area contributed by atoms with Crippen LogP contribution in [0.15, 0.2) is 24.3 Å². The van der Waals surface area contributed by atoms with E-state index in [2.05, 4.69) is 5.32 Å². The molecule has 1 aliphatic heterocycles. The number of carbonyl (C=O) groups excluding carboxylic acids is 1. The number of hydrogen-bond acceptors (Lipinski definition) is 3. The van der Waals surface area contributed by atoms with Crippen LogP contribution in [0.1, 0.15) is 33.1 Å². The highest BCUT2D eigenvalue weighted by Crippen LogP contribution is 2.48. The number of hydrogen-bond donors (Lipinski definition) is 2. The van der Waals surface area contributed by atoms with Crippen LogP contribution in [0.3, 0.4) is 0 Å². The number of carboxylic acids is 1. The maximum Gasteiger partial charge on any atom is 0.321 e. The number of nitrogens with zero attached hydrogens (tertiary/aromatic N) is 1. The maximum absolute atomic E-state index is 12.5. The number of aliphatic carboxylic acids is 1. The summed E-state index contributed by atoms with van der Waals surface area (Å²) in [7, 11) is 0. The molecule has 1 aromatic rings. The topological polar surface area (TPSA) is 78.9 Å². The molecule has 0 bridgehead atoms. The molecule has 2 amide bonds. The van der Waals surface area contributed by atoms with Crippen LogP contribution in [-0.4, -0.2) is 41.2 Å². The lowest BCUT2D eigenvalue weighted by atomic mass is 9.81. The van der Waals surface area contributed by atoms with Crippen molar-refractivity contribution >= 4 is 17.7 Å². The zero-order chi connectivity index (χ0) is 17.3. The minimum atomic E-state index is -0.768. The van der Waals surface area contributed by atoms with Crippen LogP contribution in [0.25, 0.3) is 0 Å². The SMILES string of the molecule is CC(C)Oc1ccc(NC(=O)N2C[C@@H]3CCC[C@@]3(C(=O)O)C2)cc1. The summed E-state index contributed by atoms with van der Waals surface area (Å²) < 4.78 is 5.58. The van der Waals surface area contributed by atoms with Crippen LogP contribution < -0.4 is 10.1 Å². The van der Waals surface area contributed by atoms with Crippen molar-refractivity contribution in [1.29, 1.82) is 0 Å². The van der Waals surface area contributed by atoms with Crippen molar-refractivity contribution in [3.63, 3.8) is 0 Å². The molecule has 3 rings (SSSR count). The Morgan fingerprint density at radius 3 is 2.62 bits per heavy atom. The van der Waals surface area contributed by atoms with E-state index < -0.39 is 11.4 Å². The van der Waals surface area contributed by atoms with Gasteiger partial charge in [0.15, 0.2) is 0 Å². The Morgan fingerprint density at radius 1 is 1.33 bits per heavy atom. The van der Waals surface area contributed by atoms with E-state index in [1.807, 2.05) is 26.0 Å². The van der Waals surface area contributed by atoms with Crippen molar-refractivity contribution in [2.45, 2.75) is 39.2 Å². The highest BCUT2D eigenvalue weighted by atomic mass is 16.5. The molecule has 0 radical (unpaired) electrons. The summed E-state index contributed by atoms with van der Waals surface area (Å²) in [6, 6.07) is 6.97. The number of anilines is 1. The fourth-order valence-corrected chi connectivity index (χ4v) is 3.89. The average molecular weight is 332 g/mol. The van der Waals surface area contributed by atoms with Gasteiger partial charge in [-0.2, -0.15) is 0 Å². The first-order chi connectivity index (χ1) is 11.4. The normalized spacial score (nSPS) is 25.6. The molecule has 2 aliphatic rings. The lowest BCUT2D eigenvalue weighted by Crippen LogP contribution is -2.38. The molecule has 2 N–H and O–H groups in total. The van der Waals surface area contributed by atoms with Gasteiger partial charge in [0.1, 0.15) is 5.75 Å². The predicted molar refractivity (Wildman–Crippen MR) is 90.2 cm³/mol. The summed E-state index contributed by atoms with van der Waals surface area (Å²) in [5.41, 5.74) is -0.0655. The van der Waals surface area contributed by atoms with E-state index in [9.17, 15) is 14.7 Å². The monoisotopic (exact) mass is 332 g/mol. The summed E-state index contributed by atoms with van der Waals surface area (Å²) in [4.78, 5) is 25.8. The molecule has 6 nitrogen and oxygen atoms in total. The van der Waals surface area contributed by atoms with Gasteiger partial charge in [-0.1, -0.05) is 6.42 Å². The van der Waals surface area contributed by atoms with E-state index >= 15 is 0 Å². The van der Waals surface area contributed by atoms with Gasteiger partial charge in [-0.3, -0.25) is 4.79 Å². The zero-order valence-corrected chi connectivity index (χ0v) is 14.1. The number of likely N-dealkylation sites (tertiary alicyclic amines) is 1. The zero-order valence-electron chi connectivity index (χ0n) is 14.1. The standard InChI is InChI=1S/C18H24N2O4/c1-12(2)24-15-7-5-14(6-8-15)19-17(23)20-10-13-4-3-9-18(13,11-20)16(21)22/h5-8,12-13H,3-4,9-11H2,1-2H3,(H,19,23)(H,21,22)/t13-,18+/m0/s1. The van der Waals surface area contributed by atoms with E-state index in [1.165, 1.54) is 0 Å². The molecular formula is C18H24N2O4. The van der Waals surface area contributed by atoms with E-state index in [1.54, 1.807) is 17.0 Å². The summed E-state index contributed by atoms with van der Waals surface area (Å²) in [5, 5.41) is 12.4. The summed E-state index contributed by atoms with van der Waals surface area (Å²) in [5.74, 6) is 0.0570. The lowest BCUT2D eigenvalue weighted by molar-refractivity contribution is -0.149. The van der Waals surface area contributed by atoms with Crippen LogP contribution in [0, 0.1) is 11.3 Å². The van der Waals surface area contributed by atoms with E-state index in [0.717, 1.165) is 18.6 Å². The fraction of sp³-hybridized carbons (Fsp3) is 0.556. The van der Waals surface area contributed by atoms with Gasteiger partial charge < -0.3 is 20.1 Å². The Morgan fingerprint density at radius 2 is 2.04 bits per heavy atom. The third-order valence-corrected chi connectivity index (χ3v) is 5.06. The van der Waals surface area contributed by atoms with Gasteiger partial charge in [-0.15, -0.1) is 0 Å². The van der Waals surface area contributed by atoms with E-state index in [0.29, 0.717) is 25.2 Å². The first-order valence-corrected chi connectivity index (χ1v) is 8.47. The average Bonchev–Trinajstić information content (AvgIpc) is 3.06. The highest BCUT2D eigenvalue weighted by Gasteiger charge is 2.55. The molecule has 6 heteroatoms. The van der Waals surface area contributed by atoms with Crippen molar-refractivity contribution in [2.75, 3.05) is 18.4 Å². The van der Waals surface area contributed by atoms with Gasteiger partial charge in [0.2, 0.25) is 0 Å². The number of nitrogens with one attached hydrogen (secondary N) is 1. The van der Waals surface area contributed by atoms with Crippen LogP contribution in [0.2, 0.25) is 0 Å². The minimum absolute atomic E-state index is 0.0718. The largest absolute Gasteiger partial charge is 0.491 e. The number of urea groups is 1. The molecule has 1 aromatic carbocycles. The van der Waals surface area contributed by atoms with Crippen molar-refractivity contribution < 1.29 is 19.4 Å². The van der Waals surface area contributed by atoms with E-state index in [4.69, 9.17) is 4.74 Å². The molecule has 130 valence electrons. The summed E-state index contributed by atoms with van der Waals surface area (Å²) in [6.07, 6.45) is 2.58. The number of benzene rings is 1. The smallest absolute Gasteiger partial charge is 0.321 e. The number of carbonyl (C=O) groups is 2. The Hall–Kier alpha value is -2.24. The Kier molecular flexibility index (Phi) is 4.39. The van der Waals surface area contributed by atoms with Crippen LogP contribution in [0.5, 0.6) is 5.75 Å². The molecule has 1 saturated carbocycles. The van der Waals surface area contributed by atoms with Crippen molar-refractivity contribution in [3.8, 4) is 5.75 Å². The van der Waals surface area contributed by atoms with Crippen LogP contribution >= 0.6 is 0 Å². The molecule has 0 aromatic heterocycles. The van der Waals surface area contributed by atoms with E-state index in [-0.39, 0.29) is 18.1 Å². The second-order valence-corrected chi connectivity index (χ2v) is 7.05. The molecule has 0 unspecified atom stereocenters. The van der Waals surface area contributed by atoms with Crippen molar-refractivity contribution in [2.24, 2.45) is 11.3 Å². The minimum Gasteiger partial charge on any atom is -0.491 e. The molecule has 0 spiro atoms. The third kappa shape index (κ3) is 3.05. The quantitative estimate of drug-likeness (QED) is 0.887. The second kappa shape index (κ2) is 6.34. The van der Waals surface area contributed by atoms with Crippen molar-refractivity contribution in [3.05, 3.63) is 24.3 Å². The number of carboxylic acid groups (broad SMARTS) is 1. The van der Waals surface area contributed by atoms with Gasteiger partial charge in [-0.25, -0.2) is 4.79 Å². The number of fused-ring (bicyclic) bond motifs is 1. The van der Waals surface area contributed by atoms with Gasteiger partial charge in [0, 0.05) is 18.8 Å². The first kappa shape index (κ1) is 16.6. The Balaban J connectivity index is 1.63. The number of ether oxygens (including phenoxy) is 1. The van der Waals surface area contributed by atoms with Crippen LogP contribution in [0.4, 0.5) is 10.5 Å². The summed E-state index contributed by atoms with van der Waals surface area (Å²) >= 11 is 0. The lowest BCUT2D eigenvalue weighted by Gasteiger charge is -2.23. The van der Waals surface area contributed by atoms with Crippen molar-refractivity contribution in [1.82, 2.24) is 4.90 Å². The molecular weight excluding hydrogens is 308 g/mol. The fourth-order valence-electron chi connectivity index (χ4n) is 3.89. The number of amides is 2. The predicted octanol–water partition coefficient (Wildman–Crippen LogP) is 3.19. The van der Waals surface area contributed by atoms with Gasteiger partial charge in [0.05, 0.1) is 11.5 Å².